The first-order chi connectivity index (χ1) is 12.9. The number of thiophene rings is 1. The van der Waals surface area contributed by atoms with E-state index < -0.39 is 0 Å². The Kier molecular flexibility index (Phi) is 8.02. The van der Waals surface area contributed by atoms with Gasteiger partial charge in [0, 0.05) is 32.6 Å². The van der Waals surface area contributed by atoms with Gasteiger partial charge < -0.3 is 19.8 Å². The first-order valence-corrected chi connectivity index (χ1v) is 10.2. The van der Waals surface area contributed by atoms with Crippen molar-refractivity contribution >= 4 is 17.3 Å². The van der Waals surface area contributed by atoms with Crippen LogP contribution in [-0.4, -0.2) is 56.8 Å². The number of furan rings is 1. The first kappa shape index (κ1) is 18.9. The summed E-state index contributed by atoms with van der Waals surface area (Å²) in [5, 5.41) is 11.1. The van der Waals surface area contributed by atoms with Crippen LogP contribution in [0.1, 0.15) is 17.7 Å². The van der Waals surface area contributed by atoms with Gasteiger partial charge in [-0.05, 0) is 47.5 Å². The van der Waals surface area contributed by atoms with Crippen molar-refractivity contribution in [3.63, 3.8) is 0 Å². The highest BCUT2D eigenvalue weighted by atomic mass is 32.1. The average Bonchev–Trinajstić information content (AvgIpc) is 3.37. The fourth-order valence-electron chi connectivity index (χ4n) is 2.82. The standard InChI is InChI=1S/C19H28N4O2S/c1-3-18(25-11-1)4-7-21-19(22-15-17-5-14-26-16-17)20-6-2-8-23-9-12-24-13-10-23/h1,3,5,11,14,16H,2,4,6-10,12-13,15H2,(H2,20,21,22). The highest BCUT2D eigenvalue weighted by Gasteiger charge is 2.09. The molecular formula is C19H28N4O2S. The second-order valence-electron chi connectivity index (χ2n) is 6.29. The van der Waals surface area contributed by atoms with Crippen molar-refractivity contribution < 1.29 is 9.15 Å². The molecule has 0 aromatic carbocycles. The summed E-state index contributed by atoms with van der Waals surface area (Å²) in [4.78, 5) is 7.16. The van der Waals surface area contributed by atoms with Gasteiger partial charge in [-0.25, -0.2) is 4.99 Å². The fraction of sp³-hybridized carbons (Fsp3) is 0.526. The molecule has 0 radical (unpaired) electrons. The van der Waals surface area contributed by atoms with E-state index in [9.17, 15) is 0 Å². The van der Waals surface area contributed by atoms with Crippen molar-refractivity contribution in [1.29, 1.82) is 0 Å². The van der Waals surface area contributed by atoms with Gasteiger partial charge in [-0.2, -0.15) is 11.3 Å². The van der Waals surface area contributed by atoms with Gasteiger partial charge in [0.2, 0.25) is 0 Å². The molecule has 142 valence electrons. The molecule has 0 aliphatic carbocycles. The Morgan fingerprint density at radius 3 is 2.85 bits per heavy atom. The van der Waals surface area contributed by atoms with Crippen LogP contribution in [0.15, 0.2) is 44.6 Å². The summed E-state index contributed by atoms with van der Waals surface area (Å²) in [5.74, 6) is 1.85. The molecule has 3 heterocycles. The first-order valence-electron chi connectivity index (χ1n) is 9.26. The number of ether oxygens (including phenoxy) is 1. The zero-order chi connectivity index (χ0) is 17.9. The van der Waals surface area contributed by atoms with Crippen LogP contribution in [0.2, 0.25) is 0 Å². The lowest BCUT2D eigenvalue weighted by atomic mass is 10.3. The van der Waals surface area contributed by atoms with Crippen LogP contribution in [0, 0.1) is 0 Å². The molecule has 0 bridgehead atoms. The van der Waals surface area contributed by atoms with Gasteiger partial charge in [-0.3, -0.25) is 4.90 Å². The summed E-state index contributed by atoms with van der Waals surface area (Å²) in [6.45, 7) is 7.30. The summed E-state index contributed by atoms with van der Waals surface area (Å²) in [7, 11) is 0. The molecule has 26 heavy (non-hydrogen) atoms. The average molecular weight is 377 g/mol. The molecule has 0 atom stereocenters. The van der Waals surface area contributed by atoms with Crippen LogP contribution in [-0.2, 0) is 17.7 Å². The van der Waals surface area contributed by atoms with Gasteiger partial charge in [0.1, 0.15) is 5.76 Å². The third-order valence-corrected chi connectivity index (χ3v) is 5.02. The molecule has 1 aliphatic heterocycles. The minimum absolute atomic E-state index is 0.697. The van der Waals surface area contributed by atoms with E-state index in [1.807, 2.05) is 12.1 Å². The normalized spacial score (nSPS) is 15.9. The topological polar surface area (TPSA) is 62.0 Å². The minimum Gasteiger partial charge on any atom is -0.469 e. The van der Waals surface area contributed by atoms with Crippen molar-refractivity contribution in [2.75, 3.05) is 45.9 Å². The van der Waals surface area contributed by atoms with Gasteiger partial charge in [-0.1, -0.05) is 0 Å². The largest absolute Gasteiger partial charge is 0.469 e. The Bertz CT molecular complexity index is 622. The number of guanidine groups is 1. The highest BCUT2D eigenvalue weighted by Crippen LogP contribution is 2.07. The number of nitrogens with zero attached hydrogens (tertiary/aromatic N) is 2. The summed E-state index contributed by atoms with van der Waals surface area (Å²) in [6, 6.07) is 6.04. The van der Waals surface area contributed by atoms with Crippen molar-refractivity contribution in [3.8, 4) is 0 Å². The molecule has 1 aliphatic rings. The summed E-state index contributed by atoms with van der Waals surface area (Å²) >= 11 is 1.71. The molecule has 1 fully saturated rings. The molecule has 2 N–H and O–H groups in total. The van der Waals surface area contributed by atoms with E-state index in [4.69, 9.17) is 14.1 Å². The Morgan fingerprint density at radius 2 is 2.08 bits per heavy atom. The number of hydrogen-bond donors (Lipinski definition) is 2. The molecular weight excluding hydrogens is 348 g/mol. The van der Waals surface area contributed by atoms with Crippen LogP contribution in [0.25, 0.3) is 0 Å². The van der Waals surface area contributed by atoms with E-state index in [1.54, 1.807) is 17.6 Å². The maximum Gasteiger partial charge on any atom is 0.191 e. The smallest absolute Gasteiger partial charge is 0.191 e. The molecule has 2 aromatic heterocycles. The maximum absolute atomic E-state index is 5.39. The number of aliphatic imine (C=N–C) groups is 1. The van der Waals surface area contributed by atoms with E-state index >= 15 is 0 Å². The van der Waals surface area contributed by atoms with Gasteiger partial charge in [-0.15, -0.1) is 0 Å². The van der Waals surface area contributed by atoms with E-state index in [0.717, 1.165) is 70.5 Å². The molecule has 0 spiro atoms. The SMILES string of the molecule is c1coc(CCNC(=NCc2ccsc2)NCCCN2CCOCC2)c1. The van der Waals surface area contributed by atoms with Crippen molar-refractivity contribution in [3.05, 3.63) is 46.5 Å². The van der Waals surface area contributed by atoms with Crippen molar-refractivity contribution in [2.45, 2.75) is 19.4 Å². The lowest BCUT2D eigenvalue weighted by Crippen LogP contribution is -2.41. The van der Waals surface area contributed by atoms with E-state index in [0.29, 0.717) is 6.54 Å². The number of rotatable bonds is 9. The summed E-state index contributed by atoms with van der Waals surface area (Å²) in [5.41, 5.74) is 1.25. The zero-order valence-electron chi connectivity index (χ0n) is 15.2. The maximum atomic E-state index is 5.39. The predicted molar refractivity (Wildman–Crippen MR) is 106 cm³/mol. The summed E-state index contributed by atoms with van der Waals surface area (Å²) in [6.07, 6.45) is 3.65. The van der Waals surface area contributed by atoms with Gasteiger partial charge in [0.05, 0.1) is 26.0 Å². The van der Waals surface area contributed by atoms with Crippen molar-refractivity contribution in [2.24, 2.45) is 4.99 Å². The van der Waals surface area contributed by atoms with Gasteiger partial charge in [0.15, 0.2) is 5.96 Å². The molecule has 0 saturated carbocycles. The van der Waals surface area contributed by atoms with Crippen LogP contribution in [0.4, 0.5) is 0 Å². The Balaban J connectivity index is 1.41. The van der Waals surface area contributed by atoms with E-state index in [2.05, 4.69) is 32.4 Å². The molecule has 7 heteroatoms. The van der Waals surface area contributed by atoms with Crippen molar-refractivity contribution in [1.82, 2.24) is 15.5 Å². The molecule has 3 rings (SSSR count). The van der Waals surface area contributed by atoms with Crippen LogP contribution in [0.3, 0.4) is 0 Å². The lowest BCUT2D eigenvalue weighted by Gasteiger charge is -2.26. The third-order valence-electron chi connectivity index (χ3n) is 4.29. The zero-order valence-corrected chi connectivity index (χ0v) is 16.0. The monoisotopic (exact) mass is 376 g/mol. The second kappa shape index (κ2) is 11.0. The predicted octanol–water partition coefficient (Wildman–Crippen LogP) is 2.34. The van der Waals surface area contributed by atoms with Gasteiger partial charge in [0.25, 0.3) is 0 Å². The van der Waals surface area contributed by atoms with Crippen LogP contribution < -0.4 is 10.6 Å². The van der Waals surface area contributed by atoms with Gasteiger partial charge >= 0.3 is 0 Å². The van der Waals surface area contributed by atoms with E-state index in [1.165, 1.54) is 5.56 Å². The second-order valence-corrected chi connectivity index (χ2v) is 7.07. The Morgan fingerprint density at radius 1 is 1.19 bits per heavy atom. The summed E-state index contributed by atoms with van der Waals surface area (Å²) < 4.78 is 10.8. The molecule has 2 aromatic rings. The van der Waals surface area contributed by atoms with Crippen LogP contribution >= 0.6 is 11.3 Å². The minimum atomic E-state index is 0.697. The lowest BCUT2D eigenvalue weighted by molar-refractivity contribution is 0.0376. The fourth-order valence-corrected chi connectivity index (χ4v) is 3.48. The number of hydrogen-bond acceptors (Lipinski definition) is 5. The number of morpholine rings is 1. The Labute approximate surface area is 159 Å². The molecule has 0 unspecified atom stereocenters. The van der Waals surface area contributed by atoms with E-state index in [-0.39, 0.29) is 0 Å². The Hall–Kier alpha value is -1.83. The highest BCUT2D eigenvalue weighted by molar-refractivity contribution is 7.07. The van der Waals surface area contributed by atoms with Crippen LogP contribution in [0.5, 0.6) is 0 Å². The number of nitrogens with one attached hydrogen (secondary N) is 2. The molecule has 0 amide bonds. The molecule has 1 saturated heterocycles. The third kappa shape index (κ3) is 6.82. The quantitative estimate of drug-likeness (QED) is 0.400. The molecule has 6 nitrogen and oxygen atoms in total.